The summed E-state index contributed by atoms with van der Waals surface area (Å²) in [5.74, 6) is -0.172. The Morgan fingerprint density at radius 2 is 2.24 bits per heavy atom. The summed E-state index contributed by atoms with van der Waals surface area (Å²) in [6.07, 6.45) is 1.12. The maximum Gasteiger partial charge on any atom is 0.251 e. The Bertz CT molecular complexity index is 393. The van der Waals surface area contributed by atoms with E-state index in [0.717, 1.165) is 12.0 Å². The van der Waals surface area contributed by atoms with Crippen LogP contribution in [0.5, 0.6) is 0 Å². The average Bonchev–Trinajstić information content (AvgIpc) is 2.26. The smallest absolute Gasteiger partial charge is 0.251 e. The lowest BCUT2D eigenvalue weighted by Gasteiger charge is -2.11. The molecular weight excluding hydrogens is 238 g/mol. The monoisotopic (exact) mass is 255 g/mol. The quantitative estimate of drug-likeness (QED) is 0.850. The van der Waals surface area contributed by atoms with Gasteiger partial charge in [0.15, 0.2) is 0 Å². The summed E-state index contributed by atoms with van der Waals surface area (Å²) < 4.78 is 0. The zero-order valence-electron chi connectivity index (χ0n) is 10.2. The highest BCUT2D eigenvalue weighted by molar-refractivity contribution is 6.30. The van der Waals surface area contributed by atoms with Crippen LogP contribution in [0.3, 0.4) is 0 Å². The van der Waals surface area contributed by atoms with E-state index in [1.165, 1.54) is 0 Å². The highest BCUT2D eigenvalue weighted by Crippen LogP contribution is 2.15. The number of aliphatic hydroxyl groups is 1. The second kappa shape index (κ2) is 6.62. The lowest BCUT2D eigenvalue weighted by molar-refractivity contribution is 0.0909. The third kappa shape index (κ3) is 4.36. The summed E-state index contributed by atoms with van der Waals surface area (Å²) in [6.45, 7) is 4.12. The molecule has 0 saturated heterocycles. The largest absolute Gasteiger partial charge is 0.391 e. The highest BCUT2D eigenvalue weighted by Gasteiger charge is 2.10. The van der Waals surface area contributed by atoms with Crippen molar-refractivity contribution in [3.05, 3.63) is 34.3 Å². The van der Waals surface area contributed by atoms with Crippen molar-refractivity contribution >= 4 is 17.5 Å². The summed E-state index contributed by atoms with van der Waals surface area (Å²) in [4.78, 5) is 11.8. The van der Waals surface area contributed by atoms with Gasteiger partial charge in [-0.25, -0.2) is 0 Å². The molecule has 1 aromatic rings. The van der Waals surface area contributed by atoms with Crippen molar-refractivity contribution in [2.75, 3.05) is 6.54 Å². The van der Waals surface area contributed by atoms with E-state index in [4.69, 9.17) is 11.6 Å². The molecule has 0 aliphatic carbocycles. The lowest BCUT2D eigenvalue weighted by Crippen LogP contribution is -2.32. The number of aryl methyl sites for hydroxylation is 1. The van der Waals surface area contributed by atoms with Gasteiger partial charge in [-0.3, -0.25) is 4.79 Å². The zero-order chi connectivity index (χ0) is 12.8. The SMILES string of the molecule is CCCC(O)CNC(=O)c1ccc(Cl)cc1C. The van der Waals surface area contributed by atoms with E-state index in [9.17, 15) is 9.90 Å². The number of halogens is 1. The Balaban J connectivity index is 2.58. The fourth-order valence-corrected chi connectivity index (χ4v) is 1.85. The Morgan fingerprint density at radius 1 is 1.53 bits per heavy atom. The van der Waals surface area contributed by atoms with Gasteiger partial charge in [0.25, 0.3) is 5.91 Å². The predicted octanol–water partition coefficient (Wildman–Crippen LogP) is 2.54. The normalized spacial score (nSPS) is 12.2. The van der Waals surface area contributed by atoms with Crippen molar-refractivity contribution in [1.82, 2.24) is 5.32 Å². The van der Waals surface area contributed by atoms with Gasteiger partial charge < -0.3 is 10.4 Å². The molecule has 1 unspecified atom stereocenters. The van der Waals surface area contributed by atoms with E-state index < -0.39 is 6.10 Å². The van der Waals surface area contributed by atoms with Gasteiger partial charge in [0.2, 0.25) is 0 Å². The van der Waals surface area contributed by atoms with Gasteiger partial charge in [0.1, 0.15) is 0 Å². The molecule has 94 valence electrons. The van der Waals surface area contributed by atoms with Crippen molar-refractivity contribution in [3.63, 3.8) is 0 Å². The van der Waals surface area contributed by atoms with Gasteiger partial charge in [-0.15, -0.1) is 0 Å². The minimum Gasteiger partial charge on any atom is -0.391 e. The van der Waals surface area contributed by atoms with Crippen LogP contribution in [0.15, 0.2) is 18.2 Å². The van der Waals surface area contributed by atoms with Crippen LogP contribution in [0, 0.1) is 6.92 Å². The van der Waals surface area contributed by atoms with Crippen molar-refractivity contribution < 1.29 is 9.90 Å². The van der Waals surface area contributed by atoms with E-state index in [1.54, 1.807) is 18.2 Å². The number of hydrogen-bond acceptors (Lipinski definition) is 2. The van der Waals surface area contributed by atoms with Crippen molar-refractivity contribution in [2.45, 2.75) is 32.8 Å². The molecule has 1 atom stereocenters. The third-order valence-electron chi connectivity index (χ3n) is 2.55. The Morgan fingerprint density at radius 3 is 2.82 bits per heavy atom. The summed E-state index contributed by atoms with van der Waals surface area (Å²) in [7, 11) is 0. The molecule has 0 radical (unpaired) electrons. The van der Waals surface area contributed by atoms with Crippen LogP contribution in [0.4, 0.5) is 0 Å². The number of hydrogen-bond donors (Lipinski definition) is 2. The first-order chi connectivity index (χ1) is 8.04. The summed E-state index contributed by atoms with van der Waals surface area (Å²) in [5.41, 5.74) is 1.43. The first kappa shape index (κ1) is 14.0. The second-order valence-corrected chi connectivity index (χ2v) is 4.55. The first-order valence-corrected chi connectivity index (χ1v) is 6.14. The molecule has 4 heteroatoms. The lowest BCUT2D eigenvalue weighted by atomic mass is 10.1. The molecular formula is C13H18ClNO2. The van der Waals surface area contributed by atoms with Crippen LogP contribution in [0.25, 0.3) is 0 Å². The molecule has 0 aliphatic heterocycles. The van der Waals surface area contributed by atoms with E-state index >= 15 is 0 Å². The van der Waals surface area contributed by atoms with E-state index in [-0.39, 0.29) is 12.5 Å². The maximum atomic E-state index is 11.8. The molecule has 1 amide bonds. The number of benzene rings is 1. The van der Waals surface area contributed by atoms with Crippen LogP contribution in [-0.2, 0) is 0 Å². The standard InChI is InChI=1S/C13H18ClNO2/c1-3-4-11(16)8-15-13(17)12-6-5-10(14)7-9(12)2/h5-7,11,16H,3-4,8H2,1-2H3,(H,15,17). The number of carbonyl (C=O) groups excluding carboxylic acids is 1. The summed E-state index contributed by atoms with van der Waals surface area (Å²) >= 11 is 5.82. The van der Waals surface area contributed by atoms with Crippen LogP contribution in [0.1, 0.15) is 35.7 Å². The van der Waals surface area contributed by atoms with Gasteiger partial charge in [-0.05, 0) is 37.1 Å². The number of aliphatic hydroxyl groups excluding tert-OH is 1. The first-order valence-electron chi connectivity index (χ1n) is 5.77. The Kier molecular flexibility index (Phi) is 5.45. The van der Waals surface area contributed by atoms with Gasteiger partial charge in [0.05, 0.1) is 6.10 Å². The number of carbonyl (C=O) groups is 1. The minimum atomic E-state index is -0.475. The molecule has 1 aromatic carbocycles. The predicted molar refractivity (Wildman–Crippen MR) is 69.4 cm³/mol. The van der Waals surface area contributed by atoms with E-state index in [1.807, 2.05) is 13.8 Å². The van der Waals surface area contributed by atoms with Gasteiger partial charge in [-0.1, -0.05) is 24.9 Å². The zero-order valence-corrected chi connectivity index (χ0v) is 10.9. The van der Waals surface area contributed by atoms with Crippen LogP contribution in [-0.4, -0.2) is 23.7 Å². The summed E-state index contributed by atoms with van der Waals surface area (Å²) in [6, 6.07) is 5.13. The minimum absolute atomic E-state index is 0.172. The molecule has 17 heavy (non-hydrogen) atoms. The molecule has 0 saturated carbocycles. The topological polar surface area (TPSA) is 49.3 Å². The molecule has 2 N–H and O–H groups in total. The molecule has 0 aromatic heterocycles. The average molecular weight is 256 g/mol. The summed E-state index contributed by atoms with van der Waals surface area (Å²) in [5, 5.41) is 12.9. The van der Waals surface area contributed by atoms with E-state index in [0.29, 0.717) is 17.0 Å². The molecule has 1 rings (SSSR count). The number of amides is 1. The van der Waals surface area contributed by atoms with Crippen molar-refractivity contribution in [2.24, 2.45) is 0 Å². The van der Waals surface area contributed by atoms with Crippen molar-refractivity contribution in [1.29, 1.82) is 0 Å². The number of rotatable bonds is 5. The molecule has 0 spiro atoms. The van der Waals surface area contributed by atoms with E-state index in [2.05, 4.69) is 5.32 Å². The Labute approximate surface area is 107 Å². The van der Waals surface area contributed by atoms with Crippen LogP contribution < -0.4 is 5.32 Å². The molecule has 0 bridgehead atoms. The number of nitrogens with one attached hydrogen (secondary N) is 1. The Hall–Kier alpha value is -1.06. The van der Waals surface area contributed by atoms with Crippen LogP contribution in [0.2, 0.25) is 5.02 Å². The third-order valence-corrected chi connectivity index (χ3v) is 2.79. The fourth-order valence-electron chi connectivity index (χ4n) is 1.62. The van der Waals surface area contributed by atoms with Crippen molar-refractivity contribution in [3.8, 4) is 0 Å². The highest BCUT2D eigenvalue weighted by atomic mass is 35.5. The van der Waals surface area contributed by atoms with Gasteiger partial charge in [-0.2, -0.15) is 0 Å². The maximum absolute atomic E-state index is 11.8. The van der Waals surface area contributed by atoms with Crippen LogP contribution >= 0.6 is 11.6 Å². The molecule has 0 fully saturated rings. The van der Waals surface area contributed by atoms with Gasteiger partial charge >= 0.3 is 0 Å². The molecule has 0 aliphatic rings. The second-order valence-electron chi connectivity index (χ2n) is 4.11. The molecule has 0 heterocycles. The fraction of sp³-hybridized carbons (Fsp3) is 0.462. The van der Waals surface area contributed by atoms with Gasteiger partial charge in [0, 0.05) is 17.1 Å². The molecule has 3 nitrogen and oxygen atoms in total.